The predicted molar refractivity (Wildman–Crippen MR) is 124 cm³/mol. The molecule has 1 amide bonds. The van der Waals surface area contributed by atoms with Gasteiger partial charge < -0.3 is 5.32 Å². The predicted octanol–water partition coefficient (Wildman–Crippen LogP) is 4.65. The number of benzene rings is 1. The average Bonchev–Trinajstić information content (AvgIpc) is 3.39. The quantitative estimate of drug-likeness (QED) is 0.562. The molecule has 32 heavy (non-hydrogen) atoms. The summed E-state index contributed by atoms with van der Waals surface area (Å²) in [4.78, 5) is 25.1. The van der Waals surface area contributed by atoms with Crippen LogP contribution in [0.4, 0.5) is 0 Å². The highest BCUT2D eigenvalue weighted by atomic mass is 16.2. The molecular weight excluding hydrogens is 400 g/mol. The lowest BCUT2D eigenvalue weighted by Gasteiger charge is -2.22. The Balaban J connectivity index is 1.46. The number of carbonyl (C=O) groups excluding carboxylic acids is 2. The van der Waals surface area contributed by atoms with E-state index in [1.54, 1.807) is 0 Å². The minimum atomic E-state index is -0.286. The van der Waals surface area contributed by atoms with Crippen molar-refractivity contribution in [3.8, 4) is 0 Å². The maximum atomic E-state index is 13.2. The molecule has 1 aromatic carbocycles. The molecule has 168 valence electrons. The molecule has 6 heteroatoms. The van der Waals surface area contributed by atoms with Gasteiger partial charge in [-0.25, -0.2) is 0 Å². The van der Waals surface area contributed by atoms with Gasteiger partial charge in [-0.15, -0.1) is 10.2 Å². The first kappa shape index (κ1) is 22.2. The van der Waals surface area contributed by atoms with Gasteiger partial charge in [-0.2, -0.15) is 0 Å². The van der Waals surface area contributed by atoms with Crippen LogP contribution < -0.4 is 5.32 Å². The number of nitrogens with zero attached hydrogens (tertiary/aromatic N) is 3. The van der Waals surface area contributed by atoms with Crippen molar-refractivity contribution in [2.75, 3.05) is 0 Å². The van der Waals surface area contributed by atoms with Crippen LogP contribution in [0.1, 0.15) is 75.4 Å². The van der Waals surface area contributed by atoms with E-state index in [1.807, 2.05) is 47.9 Å². The maximum Gasteiger partial charge on any atom is 0.227 e. The average molecular weight is 433 g/mol. The van der Waals surface area contributed by atoms with Gasteiger partial charge >= 0.3 is 0 Å². The summed E-state index contributed by atoms with van der Waals surface area (Å²) < 4.78 is 1.94. The van der Waals surface area contributed by atoms with Crippen LogP contribution in [-0.4, -0.2) is 26.3 Å². The number of aromatic nitrogens is 3. The van der Waals surface area contributed by atoms with Gasteiger partial charge in [-0.1, -0.05) is 44.2 Å². The molecule has 0 aliphatic heterocycles. The van der Waals surface area contributed by atoms with E-state index < -0.39 is 0 Å². The third-order valence-electron chi connectivity index (χ3n) is 6.46. The Hall–Kier alpha value is -3.02. The number of nitrogens with one attached hydrogen (secondary N) is 1. The molecule has 0 saturated heterocycles. The second-order valence-corrected chi connectivity index (χ2v) is 9.40. The van der Waals surface area contributed by atoms with Gasteiger partial charge in [0.15, 0.2) is 11.5 Å². The summed E-state index contributed by atoms with van der Waals surface area (Å²) in [6, 6.07) is 13.7. The third-order valence-corrected chi connectivity index (χ3v) is 6.46. The standard InChI is InChI=1S/C26H32N4O2/c1-17(2)15-22(25-29-28-24-9-4-5-14-30(24)25)27-26(32)18(3)20-12-10-19(11-13-20)16-21-7-6-8-23(21)31/h4-5,9-14,17-18,21-22H,6-8,15-16H2,1-3H3,(H,27,32)/t18?,21?,22-/m1/s1. The van der Waals surface area contributed by atoms with E-state index in [-0.39, 0.29) is 23.8 Å². The Labute approximate surface area is 189 Å². The molecule has 1 N–H and O–H groups in total. The molecule has 4 rings (SSSR count). The van der Waals surface area contributed by atoms with Crippen molar-refractivity contribution in [2.24, 2.45) is 11.8 Å². The number of rotatable bonds is 8. The molecule has 3 atom stereocenters. The zero-order valence-electron chi connectivity index (χ0n) is 19.1. The summed E-state index contributed by atoms with van der Waals surface area (Å²) in [6.07, 6.45) is 6.24. The first-order valence-electron chi connectivity index (χ1n) is 11.6. The molecule has 0 bridgehead atoms. The smallest absolute Gasteiger partial charge is 0.227 e. The maximum absolute atomic E-state index is 13.2. The summed E-state index contributed by atoms with van der Waals surface area (Å²) in [7, 11) is 0. The molecule has 3 aromatic rings. The molecule has 1 fully saturated rings. The van der Waals surface area contributed by atoms with E-state index in [0.29, 0.717) is 11.7 Å². The Morgan fingerprint density at radius 2 is 1.91 bits per heavy atom. The second kappa shape index (κ2) is 9.63. The highest BCUT2D eigenvalue weighted by Crippen LogP contribution is 2.27. The van der Waals surface area contributed by atoms with E-state index in [2.05, 4.69) is 41.5 Å². The number of ketones is 1. The number of hydrogen-bond acceptors (Lipinski definition) is 4. The summed E-state index contributed by atoms with van der Waals surface area (Å²) >= 11 is 0. The van der Waals surface area contributed by atoms with E-state index in [1.165, 1.54) is 0 Å². The second-order valence-electron chi connectivity index (χ2n) is 9.40. The number of hydrogen-bond donors (Lipinski definition) is 1. The first-order valence-corrected chi connectivity index (χ1v) is 11.6. The molecule has 2 heterocycles. The lowest BCUT2D eigenvalue weighted by atomic mass is 9.93. The van der Waals surface area contributed by atoms with Gasteiger partial charge in [0.25, 0.3) is 0 Å². The molecule has 2 unspecified atom stereocenters. The highest BCUT2D eigenvalue weighted by molar-refractivity contribution is 5.84. The van der Waals surface area contributed by atoms with Gasteiger partial charge in [0, 0.05) is 18.5 Å². The van der Waals surface area contributed by atoms with Crippen molar-refractivity contribution < 1.29 is 9.59 Å². The van der Waals surface area contributed by atoms with Crippen LogP contribution in [0.5, 0.6) is 0 Å². The highest BCUT2D eigenvalue weighted by Gasteiger charge is 2.26. The van der Waals surface area contributed by atoms with Crippen molar-refractivity contribution in [3.63, 3.8) is 0 Å². The first-order chi connectivity index (χ1) is 15.4. The van der Waals surface area contributed by atoms with E-state index in [4.69, 9.17) is 0 Å². The van der Waals surface area contributed by atoms with Crippen LogP contribution in [0.25, 0.3) is 5.65 Å². The number of pyridine rings is 1. The molecule has 0 radical (unpaired) electrons. The lowest BCUT2D eigenvalue weighted by molar-refractivity contribution is -0.123. The topological polar surface area (TPSA) is 76.4 Å². The zero-order chi connectivity index (χ0) is 22.7. The molecule has 6 nitrogen and oxygen atoms in total. The Morgan fingerprint density at radius 3 is 2.59 bits per heavy atom. The summed E-state index contributed by atoms with van der Waals surface area (Å²) in [6.45, 7) is 6.21. The number of amides is 1. The largest absolute Gasteiger partial charge is 0.346 e. The number of carbonyl (C=O) groups is 2. The van der Waals surface area contributed by atoms with Gasteiger partial charge in [-0.3, -0.25) is 14.0 Å². The molecule has 1 aliphatic rings. The number of Topliss-reactive ketones (excluding diaryl/α,β-unsaturated/α-hetero) is 1. The van der Waals surface area contributed by atoms with Crippen LogP contribution in [0.15, 0.2) is 48.7 Å². The summed E-state index contributed by atoms with van der Waals surface area (Å²) in [5, 5.41) is 11.8. The Bertz CT molecular complexity index is 1090. The molecule has 2 aromatic heterocycles. The summed E-state index contributed by atoms with van der Waals surface area (Å²) in [5.74, 6) is 1.39. The fourth-order valence-electron chi connectivity index (χ4n) is 4.58. The van der Waals surface area contributed by atoms with Crippen molar-refractivity contribution in [1.29, 1.82) is 0 Å². The van der Waals surface area contributed by atoms with E-state index in [9.17, 15) is 9.59 Å². The van der Waals surface area contributed by atoms with Crippen LogP contribution >= 0.6 is 0 Å². The van der Waals surface area contributed by atoms with Crippen LogP contribution in [0, 0.1) is 11.8 Å². The Morgan fingerprint density at radius 1 is 1.12 bits per heavy atom. The third kappa shape index (κ3) is 4.90. The zero-order valence-corrected chi connectivity index (χ0v) is 19.1. The fourth-order valence-corrected chi connectivity index (χ4v) is 4.58. The molecule has 0 spiro atoms. The van der Waals surface area contributed by atoms with Crippen LogP contribution in [0.2, 0.25) is 0 Å². The van der Waals surface area contributed by atoms with Gasteiger partial charge in [0.1, 0.15) is 5.78 Å². The van der Waals surface area contributed by atoms with Crippen LogP contribution in [0.3, 0.4) is 0 Å². The van der Waals surface area contributed by atoms with Gasteiger partial charge in [0.05, 0.1) is 12.0 Å². The van der Waals surface area contributed by atoms with E-state index in [0.717, 1.165) is 54.7 Å². The summed E-state index contributed by atoms with van der Waals surface area (Å²) in [5.41, 5.74) is 2.91. The molecular formula is C26H32N4O2. The van der Waals surface area contributed by atoms with Crippen molar-refractivity contribution >= 4 is 17.3 Å². The SMILES string of the molecule is CC(C)C[C@@H](NC(=O)C(C)c1ccc(CC2CCCC2=O)cc1)c1nnc2ccccn12. The number of fused-ring (bicyclic) bond motifs is 1. The van der Waals surface area contributed by atoms with E-state index >= 15 is 0 Å². The minimum absolute atomic E-state index is 0.0259. The monoisotopic (exact) mass is 432 g/mol. The minimum Gasteiger partial charge on any atom is -0.346 e. The normalized spacial score (nSPS) is 18.2. The Kier molecular flexibility index (Phi) is 6.68. The van der Waals surface area contributed by atoms with Crippen molar-refractivity contribution in [3.05, 3.63) is 65.6 Å². The van der Waals surface area contributed by atoms with Crippen molar-refractivity contribution in [1.82, 2.24) is 19.9 Å². The molecule has 1 aliphatic carbocycles. The van der Waals surface area contributed by atoms with Gasteiger partial charge in [0.2, 0.25) is 5.91 Å². The van der Waals surface area contributed by atoms with Crippen LogP contribution in [-0.2, 0) is 16.0 Å². The lowest BCUT2D eigenvalue weighted by Crippen LogP contribution is -2.33. The van der Waals surface area contributed by atoms with Crippen molar-refractivity contribution in [2.45, 2.75) is 64.8 Å². The molecule has 1 saturated carbocycles. The fraction of sp³-hybridized carbons (Fsp3) is 0.462. The van der Waals surface area contributed by atoms with Gasteiger partial charge in [-0.05, 0) is 61.8 Å².